The molecule has 1 N–H and O–H groups in total. The minimum absolute atomic E-state index is 0.0406. The zero-order valence-corrected chi connectivity index (χ0v) is 11.1. The number of phenolic OH excluding ortho intramolecular Hbond substituents is 1. The number of hydrogen-bond acceptors (Lipinski definition) is 3. The van der Waals surface area contributed by atoms with Gasteiger partial charge in [0.15, 0.2) is 17.3 Å². The molecule has 0 spiro atoms. The number of ketones is 1. The molecule has 2 rings (SSSR count). The fraction of sp³-hybridized carbons (Fsp3) is 0.0625. The van der Waals surface area contributed by atoms with Crippen molar-refractivity contribution in [1.82, 2.24) is 0 Å². The van der Waals surface area contributed by atoms with E-state index in [-0.39, 0.29) is 11.5 Å². The van der Waals surface area contributed by atoms with Crippen molar-refractivity contribution in [2.45, 2.75) is 0 Å². The Hall–Kier alpha value is -2.69. The van der Waals surface area contributed by atoms with Gasteiger partial charge in [-0.15, -0.1) is 0 Å². The molecule has 0 bridgehead atoms. The highest BCUT2D eigenvalue weighted by Gasteiger charge is 2.14. The summed E-state index contributed by atoms with van der Waals surface area (Å²) in [4.78, 5) is 11.8. The molecular formula is C16H12F2O3. The average molecular weight is 290 g/mol. The SMILES string of the molecule is COc1cc(/C=C/C(=O)c2c(F)cccc2F)ccc1O. The zero-order chi connectivity index (χ0) is 15.4. The van der Waals surface area contributed by atoms with Gasteiger partial charge in [0.05, 0.1) is 12.7 Å². The number of rotatable bonds is 4. The first kappa shape index (κ1) is 14.7. The Bertz CT molecular complexity index is 688. The third kappa shape index (κ3) is 3.25. The summed E-state index contributed by atoms with van der Waals surface area (Å²) in [5.74, 6) is -2.40. The molecule has 3 nitrogen and oxygen atoms in total. The summed E-state index contributed by atoms with van der Waals surface area (Å²) in [6, 6.07) is 7.67. The molecule has 0 aliphatic rings. The Labute approximate surface area is 120 Å². The van der Waals surface area contributed by atoms with Crippen LogP contribution in [-0.4, -0.2) is 18.0 Å². The van der Waals surface area contributed by atoms with Gasteiger partial charge in [0, 0.05) is 0 Å². The van der Waals surface area contributed by atoms with E-state index in [0.717, 1.165) is 18.2 Å². The van der Waals surface area contributed by atoms with E-state index >= 15 is 0 Å². The zero-order valence-electron chi connectivity index (χ0n) is 11.1. The van der Waals surface area contributed by atoms with E-state index < -0.39 is 23.0 Å². The second-order valence-corrected chi connectivity index (χ2v) is 4.23. The first-order valence-corrected chi connectivity index (χ1v) is 6.06. The maximum absolute atomic E-state index is 13.5. The molecule has 0 radical (unpaired) electrons. The number of phenols is 1. The van der Waals surface area contributed by atoms with E-state index in [1.54, 1.807) is 6.07 Å². The Morgan fingerprint density at radius 1 is 1.19 bits per heavy atom. The molecule has 0 aromatic heterocycles. The molecule has 21 heavy (non-hydrogen) atoms. The molecule has 0 unspecified atom stereocenters. The van der Waals surface area contributed by atoms with Crippen LogP contribution in [0.2, 0.25) is 0 Å². The van der Waals surface area contributed by atoms with Gasteiger partial charge >= 0.3 is 0 Å². The van der Waals surface area contributed by atoms with Crippen LogP contribution in [0.3, 0.4) is 0 Å². The summed E-state index contributed by atoms with van der Waals surface area (Å²) in [5.41, 5.74) is -0.0470. The van der Waals surface area contributed by atoms with Crippen LogP contribution in [0.25, 0.3) is 6.08 Å². The highest BCUT2D eigenvalue weighted by molar-refractivity contribution is 6.07. The van der Waals surface area contributed by atoms with Crippen molar-refractivity contribution >= 4 is 11.9 Å². The maximum Gasteiger partial charge on any atom is 0.191 e. The maximum atomic E-state index is 13.5. The van der Waals surface area contributed by atoms with E-state index in [9.17, 15) is 18.7 Å². The Morgan fingerprint density at radius 3 is 2.48 bits per heavy atom. The van der Waals surface area contributed by atoms with Crippen molar-refractivity contribution in [3.05, 3.63) is 65.2 Å². The van der Waals surface area contributed by atoms with Crippen LogP contribution in [0.1, 0.15) is 15.9 Å². The Morgan fingerprint density at radius 2 is 1.86 bits per heavy atom. The van der Waals surface area contributed by atoms with Crippen molar-refractivity contribution < 1.29 is 23.4 Å². The fourth-order valence-electron chi connectivity index (χ4n) is 1.79. The number of methoxy groups -OCH3 is 1. The van der Waals surface area contributed by atoms with Crippen molar-refractivity contribution in [2.75, 3.05) is 7.11 Å². The fourth-order valence-corrected chi connectivity index (χ4v) is 1.79. The molecule has 0 atom stereocenters. The normalized spacial score (nSPS) is 10.8. The quantitative estimate of drug-likeness (QED) is 0.691. The molecule has 0 fully saturated rings. The van der Waals surface area contributed by atoms with E-state index in [4.69, 9.17) is 4.74 Å². The van der Waals surface area contributed by atoms with Gasteiger partial charge in [0.1, 0.15) is 11.6 Å². The highest BCUT2D eigenvalue weighted by atomic mass is 19.1. The minimum atomic E-state index is -0.909. The second kappa shape index (κ2) is 6.17. The van der Waals surface area contributed by atoms with Gasteiger partial charge in [0.2, 0.25) is 0 Å². The second-order valence-electron chi connectivity index (χ2n) is 4.23. The summed E-state index contributed by atoms with van der Waals surface area (Å²) < 4.78 is 31.8. The molecule has 2 aromatic rings. The van der Waals surface area contributed by atoms with Gasteiger partial charge in [-0.1, -0.05) is 18.2 Å². The molecule has 0 saturated carbocycles. The number of ether oxygens (including phenoxy) is 1. The topological polar surface area (TPSA) is 46.5 Å². The first-order valence-electron chi connectivity index (χ1n) is 6.06. The van der Waals surface area contributed by atoms with Gasteiger partial charge in [-0.2, -0.15) is 0 Å². The number of aromatic hydroxyl groups is 1. The van der Waals surface area contributed by atoms with Gasteiger partial charge in [-0.25, -0.2) is 8.78 Å². The number of halogens is 2. The van der Waals surface area contributed by atoms with E-state index in [1.807, 2.05) is 0 Å². The van der Waals surface area contributed by atoms with Gasteiger partial charge in [-0.3, -0.25) is 4.79 Å². The third-order valence-electron chi connectivity index (χ3n) is 2.84. The summed E-state index contributed by atoms with van der Waals surface area (Å²) in [7, 11) is 1.39. The van der Waals surface area contributed by atoms with Gasteiger partial charge < -0.3 is 9.84 Å². The van der Waals surface area contributed by atoms with Crippen molar-refractivity contribution in [2.24, 2.45) is 0 Å². The molecule has 5 heteroatoms. The molecule has 0 aliphatic heterocycles. The summed E-state index contributed by atoms with van der Waals surface area (Å²) >= 11 is 0. The molecular weight excluding hydrogens is 278 g/mol. The van der Waals surface area contributed by atoms with Crippen LogP contribution >= 0.6 is 0 Å². The van der Waals surface area contributed by atoms with Crippen LogP contribution in [0.4, 0.5) is 8.78 Å². The minimum Gasteiger partial charge on any atom is -0.504 e. The number of benzene rings is 2. The number of carbonyl (C=O) groups excluding carboxylic acids is 1. The lowest BCUT2D eigenvalue weighted by molar-refractivity contribution is 0.104. The van der Waals surface area contributed by atoms with E-state index in [2.05, 4.69) is 0 Å². The largest absolute Gasteiger partial charge is 0.504 e. The molecule has 0 heterocycles. The van der Waals surface area contributed by atoms with Gasteiger partial charge in [-0.05, 0) is 35.9 Å². The van der Waals surface area contributed by atoms with Crippen molar-refractivity contribution in [3.8, 4) is 11.5 Å². The average Bonchev–Trinajstić information content (AvgIpc) is 2.46. The molecule has 0 saturated heterocycles. The molecule has 108 valence electrons. The predicted molar refractivity (Wildman–Crippen MR) is 74.4 cm³/mol. The predicted octanol–water partition coefficient (Wildman–Crippen LogP) is 3.58. The smallest absolute Gasteiger partial charge is 0.191 e. The lowest BCUT2D eigenvalue weighted by Crippen LogP contribution is -2.02. The van der Waals surface area contributed by atoms with Crippen LogP contribution in [0.15, 0.2) is 42.5 Å². The summed E-state index contributed by atoms with van der Waals surface area (Å²) in [5, 5.41) is 9.45. The Kier molecular flexibility index (Phi) is 4.33. The molecule has 2 aromatic carbocycles. The van der Waals surface area contributed by atoms with Crippen LogP contribution < -0.4 is 4.74 Å². The van der Waals surface area contributed by atoms with Crippen molar-refractivity contribution in [3.63, 3.8) is 0 Å². The van der Waals surface area contributed by atoms with E-state index in [1.165, 1.54) is 31.4 Å². The molecule has 0 amide bonds. The summed E-state index contributed by atoms with van der Waals surface area (Å²) in [6.07, 6.45) is 2.45. The van der Waals surface area contributed by atoms with Crippen LogP contribution in [0.5, 0.6) is 11.5 Å². The number of hydrogen-bond donors (Lipinski definition) is 1. The molecule has 0 aliphatic carbocycles. The van der Waals surface area contributed by atoms with Crippen LogP contribution in [0, 0.1) is 11.6 Å². The number of carbonyl (C=O) groups is 1. The summed E-state index contributed by atoms with van der Waals surface area (Å²) in [6.45, 7) is 0. The lowest BCUT2D eigenvalue weighted by atomic mass is 10.1. The monoisotopic (exact) mass is 290 g/mol. The number of allylic oxidation sites excluding steroid dienone is 1. The van der Waals surface area contributed by atoms with Gasteiger partial charge in [0.25, 0.3) is 0 Å². The highest BCUT2D eigenvalue weighted by Crippen LogP contribution is 2.26. The van der Waals surface area contributed by atoms with Crippen molar-refractivity contribution in [1.29, 1.82) is 0 Å². The van der Waals surface area contributed by atoms with Crippen LogP contribution in [-0.2, 0) is 0 Å². The van der Waals surface area contributed by atoms with E-state index in [0.29, 0.717) is 5.56 Å². The third-order valence-corrected chi connectivity index (χ3v) is 2.84. The first-order chi connectivity index (χ1) is 10.0. The lowest BCUT2D eigenvalue weighted by Gasteiger charge is -2.04. The standard InChI is InChI=1S/C16H12F2O3/c1-21-15-9-10(5-7-13(15)19)6-8-14(20)16-11(17)3-2-4-12(16)18/h2-9,19H,1H3/b8-6+. The Balaban J connectivity index is 2.27.